The average molecular weight is 1240 g/mol. The van der Waals surface area contributed by atoms with E-state index in [4.69, 9.17) is 34.9 Å². The fourth-order valence-corrected chi connectivity index (χ4v) is 14.6. The second-order valence-electron chi connectivity index (χ2n) is 25.5. The first-order valence-electron chi connectivity index (χ1n) is 33.1. The van der Waals surface area contributed by atoms with Crippen LogP contribution in [0.4, 0.5) is 11.4 Å². The van der Waals surface area contributed by atoms with Crippen molar-refractivity contribution in [3.05, 3.63) is 286 Å². The number of allylic oxidation sites excluding steroid dienone is 23. The third-order valence-electron chi connectivity index (χ3n) is 19.5. The van der Waals surface area contributed by atoms with Crippen molar-refractivity contribution in [1.82, 2.24) is 29.9 Å². The number of anilines is 1. The van der Waals surface area contributed by atoms with E-state index in [0.717, 1.165) is 185 Å². The number of hydrogen-bond donors (Lipinski definition) is 1. The van der Waals surface area contributed by atoms with Crippen molar-refractivity contribution in [2.24, 2.45) is 16.8 Å². The van der Waals surface area contributed by atoms with Gasteiger partial charge in [0.2, 0.25) is 0 Å². The number of hydrogen-bond acceptors (Lipinski definition) is 12. The zero-order valence-electron chi connectivity index (χ0n) is 52.6. The molecule has 0 saturated heterocycles. The van der Waals surface area contributed by atoms with Gasteiger partial charge in [-0.2, -0.15) is 21.0 Å². The number of aliphatic imine (C=N–C) groups is 1. The van der Waals surface area contributed by atoms with Gasteiger partial charge >= 0.3 is 0 Å². The van der Waals surface area contributed by atoms with Gasteiger partial charge in [0.15, 0.2) is 0 Å². The lowest BCUT2D eigenvalue weighted by molar-refractivity contribution is 0.699. The van der Waals surface area contributed by atoms with Crippen molar-refractivity contribution in [2.45, 2.75) is 81.6 Å². The van der Waals surface area contributed by atoms with Crippen LogP contribution < -0.4 is 5.32 Å². The lowest BCUT2D eigenvalue weighted by Crippen LogP contribution is -2.41. The van der Waals surface area contributed by atoms with Gasteiger partial charge in [0.05, 0.1) is 127 Å². The van der Waals surface area contributed by atoms with Crippen molar-refractivity contribution in [3.63, 3.8) is 0 Å². The molecule has 12 heteroatoms. The number of aromatic nitrogens is 6. The molecule has 0 saturated carbocycles. The molecule has 3 aromatic heterocycles. The first-order chi connectivity index (χ1) is 47.3. The summed E-state index contributed by atoms with van der Waals surface area (Å²) < 4.78 is 0. The summed E-state index contributed by atoms with van der Waals surface area (Å²) in [5.41, 5.74) is 23.9. The fourth-order valence-electron chi connectivity index (χ4n) is 14.6. The summed E-state index contributed by atoms with van der Waals surface area (Å²) in [6, 6.07) is 47.0. The van der Waals surface area contributed by atoms with Crippen LogP contribution in [-0.4, -0.2) is 41.7 Å². The minimum absolute atomic E-state index is 0.000860. The molecule has 7 aliphatic carbocycles. The Labute approximate surface area is 557 Å². The molecule has 0 fully saturated rings. The first-order valence-corrected chi connectivity index (χ1v) is 33.1. The van der Waals surface area contributed by atoms with Gasteiger partial charge in [0.25, 0.3) is 0 Å². The maximum Gasteiger partial charge on any atom is 0.0991 e. The highest BCUT2D eigenvalue weighted by molar-refractivity contribution is 6.05. The first kappa shape index (κ1) is 59.0. The Balaban J connectivity index is 0.707. The summed E-state index contributed by atoms with van der Waals surface area (Å²) >= 11 is 0. The van der Waals surface area contributed by atoms with Crippen LogP contribution in [0.3, 0.4) is 0 Å². The smallest absolute Gasteiger partial charge is 0.0991 e. The third kappa shape index (κ3) is 11.3. The van der Waals surface area contributed by atoms with Crippen molar-refractivity contribution < 1.29 is 0 Å². The molecule has 1 N–H and O–H groups in total. The number of nitrogens with one attached hydrogen (secondary N) is 1. The Kier molecular flexibility index (Phi) is 15.6. The highest BCUT2D eigenvalue weighted by Crippen LogP contribution is 2.45. The fraction of sp³-hybridized carbons (Fsp3) is 0.179. The van der Waals surface area contributed by atoms with Crippen LogP contribution in [0.15, 0.2) is 246 Å². The predicted molar refractivity (Wildman–Crippen MR) is 381 cm³/mol. The van der Waals surface area contributed by atoms with Crippen molar-refractivity contribution in [3.8, 4) is 57.9 Å². The van der Waals surface area contributed by atoms with Crippen molar-refractivity contribution in [2.75, 3.05) is 5.32 Å². The minimum atomic E-state index is -0.590. The summed E-state index contributed by atoms with van der Waals surface area (Å²) in [4.78, 5) is 37.7. The van der Waals surface area contributed by atoms with Crippen LogP contribution >= 0.6 is 0 Å². The number of benzene rings is 5. The van der Waals surface area contributed by atoms with E-state index in [1.165, 1.54) is 0 Å². The van der Waals surface area contributed by atoms with Crippen LogP contribution in [0.2, 0.25) is 0 Å². The van der Waals surface area contributed by atoms with Crippen LogP contribution in [0.5, 0.6) is 0 Å². The van der Waals surface area contributed by atoms with E-state index in [2.05, 4.69) is 206 Å². The molecule has 0 amide bonds. The van der Waals surface area contributed by atoms with Gasteiger partial charge < -0.3 is 5.32 Å². The average Bonchev–Trinajstić information content (AvgIpc) is 0.799. The van der Waals surface area contributed by atoms with E-state index in [-0.39, 0.29) is 17.8 Å². The standard InChI is InChI=1S/C84H62N12/c85-47-51-15-12-25-62(39-51)80-81(63-26-13-16-52(40-63)48-86)95-75-45-60(32-37-71(75)90-80)58-31-36-70-74(44-58)94-79(55-21-8-3-9-22-55)82(91-70)64-27-14-24-56(41-64)57-29-34-68(66(42-57)50-88)84-83(67-28-11-10-23-65(67)49-87)92-72-38-33-61(46-76(72)96-84)59-30-35-69-73(43-59)93-78(54-19-6-2-7-20-54)77(89-69)53-17-4-1-5-18-53/h1-9,14,16-17,19-21,23-25,27-43,45-46,53,55,58,66,68,83,92H,10-13,15,18,22,26,44H2. The Hall–Kier alpha value is -12.1. The maximum atomic E-state index is 11.3. The van der Waals surface area contributed by atoms with Gasteiger partial charge in [-0.05, 0) is 157 Å². The number of fused-ring (bicyclic) bond motifs is 4. The molecule has 8 aliphatic rings. The van der Waals surface area contributed by atoms with Gasteiger partial charge in [-0.3, -0.25) is 9.98 Å². The number of rotatable bonds is 11. The SMILES string of the molecule is N#CC1=CCCC(c2nc3cc(C4C=Cc5nc(-c6cccc(C7=CC(C#N)C(C8=Nc9cc(-c%10ccc%11nc(C%12C=CC=CC%12)c(-c%12ccccc%12)nc%11c%10)ccc9NC8C8=CCCC=C8C#N)C=C7)c6)c(C6C=CC=CC6)nc5C4)ccc3nc2C2=CCCC(C#N)=C2)=C1. The van der Waals surface area contributed by atoms with Gasteiger partial charge in [-0.15, -0.1) is 0 Å². The van der Waals surface area contributed by atoms with E-state index < -0.39 is 17.9 Å². The van der Waals surface area contributed by atoms with Crippen LogP contribution in [-0.2, 0) is 6.42 Å². The van der Waals surface area contributed by atoms with E-state index in [1.54, 1.807) is 0 Å². The molecule has 0 bridgehead atoms. The predicted octanol–water partition coefficient (Wildman–Crippen LogP) is 18.6. The molecular weight excluding hydrogens is 1180 g/mol. The third-order valence-corrected chi connectivity index (χ3v) is 19.5. The monoisotopic (exact) mass is 1240 g/mol. The van der Waals surface area contributed by atoms with Gasteiger partial charge in [0, 0.05) is 52.4 Å². The number of nitriles is 4. The van der Waals surface area contributed by atoms with E-state index in [0.29, 0.717) is 29.6 Å². The lowest BCUT2D eigenvalue weighted by atomic mass is 9.76. The van der Waals surface area contributed by atoms with Crippen molar-refractivity contribution in [1.29, 1.82) is 21.0 Å². The molecule has 8 aromatic rings. The Morgan fingerprint density at radius 1 is 0.500 bits per heavy atom. The van der Waals surface area contributed by atoms with Crippen molar-refractivity contribution >= 4 is 61.9 Å². The second kappa shape index (κ2) is 25.4. The molecule has 4 heterocycles. The summed E-state index contributed by atoms with van der Waals surface area (Å²) in [6.45, 7) is 0. The summed E-state index contributed by atoms with van der Waals surface area (Å²) in [7, 11) is 0. The summed E-state index contributed by atoms with van der Waals surface area (Å²) in [6.07, 6.45) is 46.7. The Morgan fingerprint density at radius 3 is 2.05 bits per heavy atom. The van der Waals surface area contributed by atoms with E-state index in [9.17, 15) is 21.0 Å². The van der Waals surface area contributed by atoms with Crippen LogP contribution in [0.1, 0.15) is 114 Å². The molecule has 6 atom stereocenters. The summed E-state index contributed by atoms with van der Waals surface area (Å²) in [5, 5.41) is 45.3. The normalized spacial score (nSPS) is 21.5. The van der Waals surface area contributed by atoms with Gasteiger partial charge in [-0.1, -0.05) is 164 Å². The molecule has 0 spiro atoms. The second-order valence-corrected chi connectivity index (χ2v) is 25.5. The molecule has 16 rings (SSSR count). The molecule has 458 valence electrons. The molecule has 96 heavy (non-hydrogen) atoms. The van der Waals surface area contributed by atoms with E-state index in [1.807, 2.05) is 48.6 Å². The van der Waals surface area contributed by atoms with E-state index >= 15 is 0 Å². The highest BCUT2D eigenvalue weighted by atomic mass is 15.0. The molecule has 5 aromatic carbocycles. The maximum absolute atomic E-state index is 11.3. The molecule has 0 radical (unpaired) electrons. The zero-order valence-corrected chi connectivity index (χ0v) is 52.6. The van der Waals surface area contributed by atoms with Gasteiger partial charge in [-0.25, -0.2) is 24.9 Å². The largest absolute Gasteiger partial charge is 0.371 e. The molecule has 12 nitrogen and oxygen atoms in total. The molecule has 6 unspecified atom stereocenters. The lowest BCUT2D eigenvalue weighted by Gasteiger charge is -2.35. The Morgan fingerprint density at radius 2 is 1.24 bits per heavy atom. The zero-order chi connectivity index (χ0) is 64.6. The molecular formula is C84H62N12. The molecule has 1 aliphatic heterocycles. The topological polar surface area (TPSA) is 197 Å². The quantitative estimate of drug-likeness (QED) is 0.129. The van der Waals surface area contributed by atoms with Crippen LogP contribution in [0.25, 0.3) is 78.5 Å². The number of nitrogens with zero attached hydrogens (tertiary/aromatic N) is 11. The summed E-state index contributed by atoms with van der Waals surface area (Å²) in [5.74, 6) is -0.887. The van der Waals surface area contributed by atoms with Crippen LogP contribution in [0, 0.1) is 57.2 Å². The minimum Gasteiger partial charge on any atom is -0.371 e. The Bertz CT molecular complexity index is 5270. The van der Waals surface area contributed by atoms with Gasteiger partial charge in [0.1, 0.15) is 0 Å². The highest BCUT2D eigenvalue weighted by Gasteiger charge is 2.37.